The molecular weight excluding hydrogens is 350 g/mol. The molecule has 1 saturated heterocycles. The Morgan fingerprint density at radius 1 is 1.42 bits per heavy atom. The maximum absolute atomic E-state index is 12.6. The van der Waals surface area contributed by atoms with Crippen molar-refractivity contribution in [2.75, 3.05) is 26.2 Å². The van der Waals surface area contributed by atoms with Gasteiger partial charge in [-0.2, -0.15) is 4.98 Å². The topological polar surface area (TPSA) is 88.5 Å². The third kappa shape index (κ3) is 3.97. The van der Waals surface area contributed by atoms with Crippen LogP contribution < -0.4 is 5.73 Å². The molecule has 2 aromatic rings. The second-order valence-corrected chi connectivity index (χ2v) is 8.05. The minimum Gasteiger partial charge on any atom is -0.339 e. The van der Waals surface area contributed by atoms with Crippen molar-refractivity contribution in [1.29, 1.82) is 0 Å². The van der Waals surface area contributed by atoms with Crippen molar-refractivity contribution in [3.63, 3.8) is 0 Å². The second-order valence-electron chi connectivity index (χ2n) is 7.11. The van der Waals surface area contributed by atoms with E-state index < -0.39 is 5.54 Å². The molecule has 0 radical (unpaired) electrons. The van der Waals surface area contributed by atoms with Gasteiger partial charge in [0.1, 0.15) is 0 Å². The molecule has 142 valence electrons. The van der Waals surface area contributed by atoms with E-state index in [1.54, 1.807) is 11.3 Å². The summed E-state index contributed by atoms with van der Waals surface area (Å²) < 4.78 is 5.47. The zero-order valence-corrected chi connectivity index (χ0v) is 16.5. The molecule has 0 spiro atoms. The first-order valence-corrected chi connectivity index (χ1v) is 10.00. The van der Waals surface area contributed by atoms with Crippen molar-refractivity contribution >= 4 is 17.2 Å². The molecule has 2 aromatic heterocycles. The maximum Gasteiger partial charge on any atom is 0.244 e. The van der Waals surface area contributed by atoms with Gasteiger partial charge in [-0.25, -0.2) is 0 Å². The summed E-state index contributed by atoms with van der Waals surface area (Å²) in [5, 5.41) is 6.08. The highest BCUT2D eigenvalue weighted by Crippen LogP contribution is 2.26. The van der Waals surface area contributed by atoms with Gasteiger partial charge < -0.3 is 15.2 Å². The monoisotopic (exact) mass is 377 g/mol. The highest BCUT2D eigenvalue weighted by molar-refractivity contribution is 7.13. The van der Waals surface area contributed by atoms with Gasteiger partial charge in [0.2, 0.25) is 17.6 Å². The minimum absolute atomic E-state index is 0.0216. The summed E-state index contributed by atoms with van der Waals surface area (Å²) in [5.41, 5.74) is 5.43. The Labute approximate surface area is 158 Å². The molecule has 0 saturated carbocycles. The van der Waals surface area contributed by atoms with Crippen LogP contribution in [-0.4, -0.2) is 57.6 Å². The summed E-state index contributed by atoms with van der Waals surface area (Å²) in [5.74, 6) is 1.29. The number of nitrogens with zero attached hydrogens (tertiary/aromatic N) is 4. The van der Waals surface area contributed by atoms with Gasteiger partial charge in [-0.05, 0) is 31.7 Å². The van der Waals surface area contributed by atoms with Crippen LogP contribution in [0.1, 0.15) is 45.5 Å². The first kappa shape index (κ1) is 19.0. The summed E-state index contributed by atoms with van der Waals surface area (Å²) in [7, 11) is 0. The van der Waals surface area contributed by atoms with Crippen LogP contribution >= 0.6 is 11.3 Å². The SMILES string of the molecule is CCCC(C)(N)C(=O)N1CCN(C(C)c2nc(-c3cccs3)no2)CC1. The van der Waals surface area contributed by atoms with Gasteiger partial charge in [0.15, 0.2) is 0 Å². The molecule has 1 amide bonds. The second kappa shape index (κ2) is 7.85. The molecule has 1 aliphatic heterocycles. The summed E-state index contributed by atoms with van der Waals surface area (Å²) >= 11 is 1.59. The van der Waals surface area contributed by atoms with Crippen LogP contribution in [0, 0.1) is 0 Å². The predicted octanol–water partition coefficient (Wildman–Crippen LogP) is 2.52. The van der Waals surface area contributed by atoms with Gasteiger partial charge in [0, 0.05) is 26.2 Å². The summed E-state index contributed by atoms with van der Waals surface area (Å²) in [6.45, 7) is 8.83. The molecule has 0 aliphatic carbocycles. The number of carbonyl (C=O) groups is 1. The maximum atomic E-state index is 12.6. The average Bonchev–Trinajstić information content (AvgIpc) is 3.32. The molecule has 1 fully saturated rings. The van der Waals surface area contributed by atoms with Gasteiger partial charge in [0.05, 0.1) is 16.5 Å². The molecule has 2 unspecified atom stereocenters. The van der Waals surface area contributed by atoms with E-state index in [0.29, 0.717) is 31.2 Å². The summed E-state index contributed by atoms with van der Waals surface area (Å²) in [4.78, 5) is 22.3. The Balaban J connectivity index is 1.59. The lowest BCUT2D eigenvalue weighted by atomic mass is 9.95. The molecule has 2 atom stereocenters. The van der Waals surface area contributed by atoms with E-state index in [9.17, 15) is 4.79 Å². The number of hydrogen-bond donors (Lipinski definition) is 1. The molecule has 26 heavy (non-hydrogen) atoms. The molecule has 7 nitrogen and oxygen atoms in total. The molecule has 0 bridgehead atoms. The average molecular weight is 378 g/mol. The van der Waals surface area contributed by atoms with Crippen molar-refractivity contribution in [3.05, 3.63) is 23.4 Å². The van der Waals surface area contributed by atoms with Crippen molar-refractivity contribution in [2.24, 2.45) is 5.73 Å². The van der Waals surface area contributed by atoms with Crippen LogP contribution in [0.4, 0.5) is 0 Å². The lowest BCUT2D eigenvalue weighted by Gasteiger charge is -2.39. The van der Waals surface area contributed by atoms with E-state index in [-0.39, 0.29) is 11.9 Å². The molecular formula is C18H27N5O2S. The van der Waals surface area contributed by atoms with E-state index in [0.717, 1.165) is 24.4 Å². The van der Waals surface area contributed by atoms with E-state index in [4.69, 9.17) is 10.3 Å². The zero-order chi connectivity index (χ0) is 18.7. The number of aromatic nitrogens is 2. The zero-order valence-electron chi connectivity index (χ0n) is 15.6. The molecule has 8 heteroatoms. The van der Waals surface area contributed by atoms with Crippen molar-refractivity contribution in [3.8, 4) is 10.7 Å². The van der Waals surface area contributed by atoms with Crippen LogP contribution in [0.15, 0.2) is 22.0 Å². The molecule has 1 aliphatic rings. The molecule has 0 aromatic carbocycles. The Morgan fingerprint density at radius 2 is 2.15 bits per heavy atom. The third-order valence-corrected chi connectivity index (χ3v) is 5.81. The van der Waals surface area contributed by atoms with E-state index in [2.05, 4.69) is 22.0 Å². The Morgan fingerprint density at radius 3 is 2.77 bits per heavy atom. The van der Waals surface area contributed by atoms with Crippen LogP contribution in [0.5, 0.6) is 0 Å². The molecule has 3 rings (SSSR count). The number of hydrogen-bond acceptors (Lipinski definition) is 7. The van der Waals surface area contributed by atoms with Crippen LogP contribution in [0.25, 0.3) is 10.7 Å². The number of nitrogens with two attached hydrogens (primary N) is 1. The van der Waals surface area contributed by atoms with E-state index >= 15 is 0 Å². The van der Waals surface area contributed by atoms with Crippen LogP contribution in [0.2, 0.25) is 0 Å². The van der Waals surface area contributed by atoms with Crippen molar-refractivity contribution in [1.82, 2.24) is 19.9 Å². The van der Waals surface area contributed by atoms with Crippen molar-refractivity contribution in [2.45, 2.75) is 45.2 Å². The fourth-order valence-electron chi connectivity index (χ4n) is 3.37. The van der Waals surface area contributed by atoms with Crippen LogP contribution in [-0.2, 0) is 4.79 Å². The lowest BCUT2D eigenvalue weighted by Crippen LogP contribution is -2.58. The minimum atomic E-state index is -0.773. The highest BCUT2D eigenvalue weighted by Gasteiger charge is 2.34. The largest absolute Gasteiger partial charge is 0.339 e. The standard InChI is InChI=1S/C18H27N5O2S/c1-4-7-18(3,19)17(24)23-10-8-22(9-11-23)13(2)16-20-15(21-25-16)14-6-5-12-26-14/h5-6,12-13H,4,7-11,19H2,1-3H3. The normalized spacial score (nSPS) is 19.3. The predicted molar refractivity (Wildman–Crippen MR) is 102 cm³/mol. The lowest BCUT2D eigenvalue weighted by molar-refractivity contribution is -0.138. The number of amides is 1. The van der Waals surface area contributed by atoms with Gasteiger partial charge in [-0.15, -0.1) is 11.3 Å². The fourth-order valence-corrected chi connectivity index (χ4v) is 4.02. The number of thiophene rings is 1. The van der Waals surface area contributed by atoms with Crippen LogP contribution in [0.3, 0.4) is 0 Å². The Bertz CT molecular complexity index is 720. The summed E-state index contributed by atoms with van der Waals surface area (Å²) in [6.07, 6.45) is 1.61. The number of carbonyl (C=O) groups excluding carboxylic acids is 1. The van der Waals surface area contributed by atoms with Gasteiger partial charge in [-0.3, -0.25) is 9.69 Å². The Kier molecular flexibility index (Phi) is 5.74. The third-order valence-electron chi connectivity index (χ3n) is 4.95. The van der Waals surface area contributed by atoms with Gasteiger partial charge in [-0.1, -0.05) is 24.6 Å². The van der Waals surface area contributed by atoms with E-state index in [1.807, 2.05) is 36.3 Å². The molecule has 3 heterocycles. The molecule has 2 N–H and O–H groups in total. The quantitative estimate of drug-likeness (QED) is 0.832. The highest BCUT2D eigenvalue weighted by atomic mass is 32.1. The number of rotatable bonds is 6. The fraction of sp³-hybridized carbons (Fsp3) is 0.611. The van der Waals surface area contributed by atoms with Gasteiger partial charge >= 0.3 is 0 Å². The first-order valence-electron chi connectivity index (χ1n) is 9.12. The Hall–Kier alpha value is -1.77. The number of piperazine rings is 1. The summed E-state index contributed by atoms with van der Waals surface area (Å²) in [6, 6.07) is 3.97. The van der Waals surface area contributed by atoms with Crippen molar-refractivity contribution < 1.29 is 9.32 Å². The van der Waals surface area contributed by atoms with Gasteiger partial charge in [0.25, 0.3) is 0 Å². The first-order chi connectivity index (χ1) is 12.4. The van der Waals surface area contributed by atoms with E-state index in [1.165, 1.54) is 0 Å². The smallest absolute Gasteiger partial charge is 0.244 e.